The van der Waals surface area contributed by atoms with Crippen molar-refractivity contribution in [3.05, 3.63) is 35.4 Å². The van der Waals surface area contributed by atoms with Crippen molar-refractivity contribution in [2.75, 3.05) is 32.6 Å². The first-order valence-electron chi connectivity index (χ1n) is 5.66. The van der Waals surface area contributed by atoms with E-state index in [4.69, 9.17) is 4.74 Å². The first-order valence-corrected chi connectivity index (χ1v) is 6.81. The first kappa shape index (κ1) is 13.6. The number of hydrogen-bond donors (Lipinski definition) is 1. The number of aryl methyl sites for hydroxylation is 1. The molecule has 0 saturated heterocycles. The molecule has 0 spiro atoms. The van der Waals surface area contributed by atoms with Crippen molar-refractivity contribution in [1.82, 2.24) is 5.32 Å². The second-order valence-electron chi connectivity index (χ2n) is 3.78. The number of rotatable bonds is 8. The Kier molecular flexibility index (Phi) is 7.30. The summed E-state index contributed by atoms with van der Waals surface area (Å²) in [5.74, 6) is 2.26. The lowest BCUT2D eigenvalue weighted by molar-refractivity contribution is 0.200. The van der Waals surface area contributed by atoms with E-state index in [0.717, 1.165) is 31.2 Å². The Hall–Kier alpha value is -0.510. The van der Waals surface area contributed by atoms with Crippen LogP contribution >= 0.6 is 11.8 Å². The van der Waals surface area contributed by atoms with E-state index in [1.807, 2.05) is 11.8 Å². The maximum absolute atomic E-state index is 4.96. The van der Waals surface area contributed by atoms with Gasteiger partial charge in [0, 0.05) is 31.7 Å². The molecule has 0 fully saturated rings. The van der Waals surface area contributed by atoms with Gasteiger partial charge in [0.1, 0.15) is 0 Å². The smallest absolute Gasteiger partial charge is 0.0587 e. The van der Waals surface area contributed by atoms with Crippen LogP contribution in [0.25, 0.3) is 0 Å². The molecule has 1 aromatic carbocycles. The maximum Gasteiger partial charge on any atom is 0.0587 e. The van der Waals surface area contributed by atoms with Gasteiger partial charge in [-0.1, -0.05) is 29.8 Å². The number of benzene rings is 1. The number of ether oxygens (including phenoxy) is 1. The summed E-state index contributed by atoms with van der Waals surface area (Å²) in [5, 5.41) is 3.34. The van der Waals surface area contributed by atoms with Crippen LogP contribution in [0.1, 0.15) is 11.1 Å². The molecule has 1 N–H and O–H groups in total. The third-order valence-electron chi connectivity index (χ3n) is 2.26. The molecule has 0 atom stereocenters. The average Bonchev–Trinajstić information content (AvgIpc) is 2.28. The van der Waals surface area contributed by atoms with Crippen LogP contribution < -0.4 is 5.32 Å². The summed E-state index contributed by atoms with van der Waals surface area (Å²) in [6.45, 7) is 4.93. The van der Waals surface area contributed by atoms with Gasteiger partial charge in [0.05, 0.1) is 6.61 Å². The second-order valence-corrected chi connectivity index (χ2v) is 4.89. The van der Waals surface area contributed by atoms with Gasteiger partial charge in [-0.3, -0.25) is 0 Å². The molecule has 16 heavy (non-hydrogen) atoms. The van der Waals surface area contributed by atoms with E-state index in [9.17, 15) is 0 Å². The lowest BCUT2D eigenvalue weighted by atomic mass is 10.2. The molecule has 1 aromatic rings. The van der Waals surface area contributed by atoms with Crippen LogP contribution in [0.2, 0.25) is 0 Å². The SMILES string of the molecule is COCCNCCSCc1cccc(C)c1. The van der Waals surface area contributed by atoms with Gasteiger partial charge in [-0.05, 0) is 12.5 Å². The van der Waals surface area contributed by atoms with E-state index in [0.29, 0.717) is 0 Å². The molecule has 0 saturated carbocycles. The molecule has 90 valence electrons. The van der Waals surface area contributed by atoms with Gasteiger partial charge in [0.2, 0.25) is 0 Å². The predicted octanol–water partition coefficient (Wildman–Crippen LogP) is 2.46. The monoisotopic (exact) mass is 239 g/mol. The molecule has 0 heterocycles. The summed E-state index contributed by atoms with van der Waals surface area (Å²) < 4.78 is 4.96. The summed E-state index contributed by atoms with van der Waals surface area (Å²) in [4.78, 5) is 0. The third kappa shape index (κ3) is 6.16. The highest BCUT2D eigenvalue weighted by atomic mass is 32.2. The number of thioether (sulfide) groups is 1. The van der Waals surface area contributed by atoms with Crippen molar-refractivity contribution >= 4 is 11.8 Å². The van der Waals surface area contributed by atoms with E-state index >= 15 is 0 Å². The molecule has 0 aliphatic carbocycles. The first-order chi connectivity index (χ1) is 7.83. The van der Waals surface area contributed by atoms with Gasteiger partial charge < -0.3 is 10.1 Å². The fourth-order valence-corrected chi connectivity index (χ4v) is 2.28. The molecule has 0 amide bonds. The molecule has 0 aliphatic rings. The molecular formula is C13H21NOS. The van der Waals surface area contributed by atoms with Gasteiger partial charge in [0.15, 0.2) is 0 Å². The van der Waals surface area contributed by atoms with Crippen molar-refractivity contribution in [2.45, 2.75) is 12.7 Å². The number of hydrogen-bond acceptors (Lipinski definition) is 3. The Balaban J connectivity index is 2.03. The van der Waals surface area contributed by atoms with E-state index < -0.39 is 0 Å². The fourth-order valence-electron chi connectivity index (χ4n) is 1.44. The zero-order valence-corrected chi connectivity index (χ0v) is 11.0. The third-order valence-corrected chi connectivity index (χ3v) is 3.29. The Morgan fingerprint density at radius 3 is 2.94 bits per heavy atom. The van der Waals surface area contributed by atoms with Crippen LogP contribution in [0, 0.1) is 6.92 Å². The topological polar surface area (TPSA) is 21.3 Å². The van der Waals surface area contributed by atoms with E-state index in [2.05, 4.69) is 36.5 Å². The van der Waals surface area contributed by atoms with Crippen molar-refractivity contribution in [1.29, 1.82) is 0 Å². The van der Waals surface area contributed by atoms with Crippen LogP contribution in [-0.4, -0.2) is 32.6 Å². The highest BCUT2D eigenvalue weighted by Gasteiger charge is 1.94. The van der Waals surface area contributed by atoms with Crippen LogP contribution in [0.4, 0.5) is 0 Å². The molecule has 0 unspecified atom stereocenters. The molecule has 0 bridgehead atoms. The molecule has 2 nitrogen and oxygen atoms in total. The zero-order valence-electron chi connectivity index (χ0n) is 10.2. The standard InChI is InChI=1S/C13H21NOS/c1-12-4-3-5-13(10-12)11-16-9-7-14-6-8-15-2/h3-5,10,14H,6-9,11H2,1-2H3. The molecule has 3 heteroatoms. The van der Waals surface area contributed by atoms with Gasteiger partial charge in [-0.2, -0.15) is 11.8 Å². The summed E-state index contributed by atoms with van der Waals surface area (Å²) in [7, 11) is 1.73. The van der Waals surface area contributed by atoms with Crippen LogP contribution in [-0.2, 0) is 10.5 Å². The lowest BCUT2D eigenvalue weighted by Gasteiger charge is -2.04. The number of nitrogens with one attached hydrogen (secondary N) is 1. The van der Waals surface area contributed by atoms with Gasteiger partial charge in [-0.15, -0.1) is 0 Å². The number of methoxy groups -OCH3 is 1. The Morgan fingerprint density at radius 2 is 2.19 bits per heavy atom. The second kappa shape index (κ2) is 8.62. The van der Waals surface area contributed by atoms with E-state index in [1.54, 1.807) is 7.11 Å². The van der Waals surface area contributed by atoms with Crippen LogP contribution in [0.15, 0.2) is 24.3 Å². The lowest BCUT2D eigenvalue weighted by Crippen LogP contribution is -2.21. The Bertz CT molecular complexity index is 291. The van der Waals surface area contributed by atoms with Crippen molar-refractivity contribution in [3.63, 3.8) is 0 Å². The van der Waals surface area contributed by atoms with Crippen molar-refractivity contribution in [3.8, 4) is 0 Å². The molecular weight excluding hydrogens is 218 g/mol. The minimum Gasteiger partial charge on any atom is -0.383 e. The largest absolute Gasteiger partial charge is 0.383 e. The minimum atomic E-state index is 0.794. The van der Waals surface area contributed by atoms with Crippen LogP contribution in [0.5, 0.6) is 0 Å². The molecule has 0 radical (unpaired) electrons. The quantitative estimate of drug-likeness (QED) is 0.704. The maximum atomic E-state index is 4.96. The molecule has 0 aromatic heterocycles. The molecule has 1 rings (SSSR count). The highest BCUT2D eigenvalue weighted by molar-refractivity contribution is 7.98. The Morgan fingerprint density at radius 1 is 1.31 bits per heavy atom. The van der Waals surface area contributed by atoms with Crippen molar-refractivity contribution in [2.24, 2.45) is 0 Å². The summed E-state index contributed by atoms with van der Waals surface area (Å²) in [5.41, 5.74) is 2.76. The normalized spacial score (nSPS) is 10.6. The van der Waals surface area contributed by atoms with Gasteiger partial charge in [0.25, 0.3) is 0 Å². The fraction of sp³-hybridized carbons (Fsp3) is 0.538. The van der Waals surface area contributed by atoms with E-state index in [1.165, 1.54) is 11.1 Å². The summed E-state index contributed by atoms with van der Waals surface area (Å²) in [6, 6.07) is 8.71. The van der Waals surface area contributed by atoms with Crippen LogP contribution in [0.3, 0.4) is 0 Å². The summed E-state index contributed by atoms with van der Waals surface area (Å²) >= 11 is 1.97. The molecule has 0 aliphatic heterocycles. The van der Waals surface area contributed by atoms with Gasteiger partial charge >= 0.3 is 0 Å². The highest BCUT2D eigenvalue weighted by Crippen LogP contribution is 2.12. The predicted molar refractivity (Wildman–Crippen MR) is 72.1 cm³/mol. The van der Waals surface area contributed by atoms with Crippen molar-refractivity contribution < 1.29 is 4.74 Å². The average molecular weight is 239 g/mol. The zero-order chi connectivity index (χ0) is 11.6. The van der Waals surface area contributed by atoms with E-state index in [-0.39, 0.29) is 0 Å². The Labute approximate surface area is 103 Å². The van der Waals surface area contributed by atoms with Gasteiger partial charge in [-0.25, -0.2) is 0 Å². The summed E-state index contributed by atoms with van der Waals surface area (Å²) in [6.07, 6.45) is 0. The minimum absolute atomic E-state index is 0.794.